The van der Waals surface area contributed by atoms with Crippen molar-refractivity contribution in [2.45, 2.75) is 31.7 Å². The van der Waals surface area contributed by atoms with Crippen LogP contribution in [0.2, 0.25) is 0 Å². The Morgan fingerprint density at radius 2 is 1.95 bits per heavy atom. The monoisotopic (exact) mass is 292 g/mol. The van der Waals surface area contributed by atoms with Crippen LogP contribution in [-0.4, -0.2) is 32.7 Å². The maximum atomic E-state index is 12.3. The van der Waals surface area contributed by atoms with E-state index in [4.69, 9.17) is 15.2 Å². The standard InChI is InChI=1S/C16H24N2O3/c1-20-14-7-4-8-15(21-2)12(14)9-16(19)18-13-6-3-5-11(13)10-17/h4,7-8,11,13H,3,5-6,9-10,17H2,1-2H3,(H,18,19). The average Bonchev–Trinajstić information content (AvgIpc) is 2.94. The van der Waals surface area contributed by atoms with Crippen LogP contribution in [0.15, 0.2) is 18.2 Å². The third-order valence-corrected chi connectivity index (χ3v) is 4.18. The molecule has 1 aliphatic carbocycles. The summed E-state index contributed by atoms with van der Waals surface area (Å²) in [5, 5.41) is 3.10. The molecule has 0 heterocycles. The van der Waals surface area contributed by atoms with E-state index in [9.17, 15) is 4.79 Å². The molecule has 21 heavy (non-hydrogen) atoms. The van der Waals surface area contributed by atoms with Gasteiger partial charge in [0.15, 0.2) is 0 Å². The molecule has 2 rings (SSSR count). The molecule has 0 aliphatic heterocycles. The third kappa shape index (κ3) is 3.67. The van der Waals surface area contributed by atoms with Crippen molar-refractivity contribution in [2.24, 2.45) is 11.7 Å². The molecular formula is C16H24N2O3. The molecule has 3 N–H and O–H groups in total. The fourth-order valence-electron chi connectivity index (χ4n) is 3.03. The number of carbonyl (C=O) groups is 1. The van der Waals surface area contributed by atoms with Crippen LogP contribution in [0.4, 0.5) is 0 Å². The van der Waals surface area contributed by atoms with Gasteiger partial charge >= 0.3 is 0 Å². The van der Waals surface area contributed by atoms with Crippen molar-refractivity contribution >= 4 is 5.91 Å². The Morgan fingerprint density at radius 3 is 2.52 bits per heavy atom. The molecule has 5 heteroatoms. The summed E-state index contributed by atoms with van der Waals surface area (Å²) < 4.78 is 10.6. The van der Waals surface area contributed by atoms with Crippen LogP contribution in [0.5, 0.6) is 11.5 Å². The first-order chi connectivity index (χ1) is 10.2. The van der Waals surface area contributed by atoms with Gasteiger partial charge in [0.05, 0.1) is 20.6 Å². The number of nitrogens with two attached hydrogens (primary N) is 1. The zero-order valence-corrected chi connectivity index (χ0v) is 12.7. The fraction of sp³-hybridized carbons (Fsp3) is 0.562. The van der Waals surface area contributed by atoms with Gasteiger partial charge in [-0.3, -0.25) is 4.79 Å². The topological polar surface area (TPSA) is 73.6 Å². The van der Waals surface area contributed by atoms with Crippen molar-refractivity contribution in [3.63, 3.8) is 0 Å². The predicted octanol–water partition coefficient (Wildman–Crippen LogP) is 1.49. The Hall–Kier alpha value is -1.75. The Bertz CT molecular complexity index is 468. The molecule has 0 radical (unpaired) electrons. The first-order valence-corrected chi connectivity index (χ1v) is 7.38. The molecule has 5 nitrogen and oxygen atoms in total. The summed E-state index contributed by atoms with van der Waals surface area (Å²) in [6, 6.07) is 5.72. The summed E-state index contributed by atoms with van der Waals surface area (Å²) in [4.78, 5) is 12.3. The van der Waals surface area contributed by atoms with Crippen molar-refractivity contribution < 1.29 is 14.3 Å². The third-order valence-electron chi connectivity index (χ3n) is 4.18. The normalized spacial score (nSPS) is 21.1. The molecule has 2 atom stereocenters. The second kappa shape index (κ2) is 7.31. The van der Waals surface area contributed by atoms with Gasteiger partial charge in [0, 0.05) is 11.6 Å². The van der Waals surface area contributed by atoms with E-state index in [-0.39, 0.29) is 18.4 Å². The lowest BCUT2D eigenvalue weighted by molar-refractivity contribution is -0.121. The molecule has 1 aliphatic rings. The molecule has 0 aromatic heterocycles. The van der Waals surface area contributed by atoms with E-state index in [1.165, 1.54) is 0 Å². The van der Waals surface area contributed by atoms with Crippen LogP contribution in [0.25, 0.3) is 0 Å². The van der Waals surface area contributed by atoms with Crippen molar-refractivity contribution in [3.05, 3.63) is 23.8 Å². The number of hydrogen-bond acceptors (Lipinski definition) is 4. The minimum Gasteiger partial charge on any atom is -0.496 e. The smallest absolute Gasteiger partial charge is 0.224 e. The van der Waals surface area contributed by atoms with E-state index in [0.29, 0.717) is 24.0 Å². The van der Waals surface area contributed by atoms with Gasteiger partial charge in [0.2, 0.25) is 5.91 Å². The van der Waals surface area contributed by atoms with Gasteiger partial charge in [-0.25, -0.2) is 0 Å². The Morgan fingerprint density at radius 1 is 1.29 bits per heavy atom. The summed E-state index contributed by atoms with van der Waals surface area (Å²) in [5.74, 6) is 1.73. The molecule has 1 fully saturated rings. The summed E-state index contributed by atoms with van der Waals surface area (Å²) in [7, 11) is 3.19. The average molecular weight is 292 g/mol. The van der Waals surface area contributed by atoms with Crippen molar-refractivity contribution in [1.82, 2.24) is 5.32 Å². The highest BCUT2D eigenvalue weighted by molar-refractivity contribution is 5.80. The summed E-state index contributed by atoms with van der Waals surface area (Å²) in [5.41, 5.74) is 6.53. The van der Waals surface area contributed by atoms with Gasteiger partial charge in [0.1, 0.15) is 11.5 Å². The minimum absolute atomic E-state index is 0.0110. The van der Waals surface area contributed by atoms with E-state index in [1.54, 1.807) is 14.2 Å². The SMILES string of the molecule is COc1cccc(OC)c1CC(=O)NC1CCCC1CN. The maximum Gasteiger partial charge on any atom is 0.224 e. The highest BCUT2D eigenvalue weighted by atomic mass is 16.5. The van der Waals surface area contributed by atoms with Gasteiger partial charge in [-0.15, -0.1) is 0 Å². The zero-order valence-electron chi connectivity index (χ0n) is 12.7. The fourth-order valence-corrected chi connectivity index (χ4v) is 3.03. The summed E-state index contributed by atoms with van der Waals surface area (Å²) in [6.45, 7) is 0.628. The van der Waals surface area contributed by atoms with Gasteiger partial charge in [-0.1, -0.05) is 12.5 Å². The predicted molar refractivity (Wildman–Crippen MR) is 81.6 cm³/mol. The number of amides is 1. The van der Waals surface area contributed by atoms with Crippen LogP contribution in [0, 0.1) is 5.92 Å². The number of rotatable bonds is 6. The van der Waals surface area contributed by atoms with E-state index < -0.39 is 0 Å². The lowest BCUT2D eigenvalue weighted by Crippen LogP contribution is -2.40. The first kappa shape index (κ1) is 15.6. The van der Waals surface area contributed by atoms with Crippen LogP contribution in [-0.2, 0) is 11.2 Å². The van der Waals surface area contributed by atoms with Crippen molar-refractivity contribution in [3.8, 4) is 11.5 Å². The van der Waals surface area contributed by atoms with Crippen LogP contribution in [0.1, 0.15) is 24.8 Å². The van der Waals surface area contributed by atoms with Crippen molar-refractivity contribution in [2.75, 3.05) is 20.8 Å². The molecule has 0 bridgehead atoms. The molecule has 2 unspecified atom stereocenters. The highest BCUT2D eigenvalue weighted by Crippen LogP contribution is 2.29. The van der Waals surface area contributed by atoms with Gasteiger partial charge in [-0.05, 0) is 37.4 Å². The lowest BCUT2D eigenvalue weighted by atomic mass is 10.0. The van der Waals surface area contributed by atoms with E-state index in [2.05, 4.69) is 5.32 Å². The number of carbonyl (C=O) groups excluding carboxylic acids is 1. The molecule has 116 valence electrons. The second-order valence-electron chi connectivity index (χ2n) is 5.42. The number of nitrogens with one attached hydrogen (secondary N) is 1. The Balaban J connectivity index is 2.05. The van der Waals surface area contributed by atoms with Crippen LogP contribution < -0.4 is 20.5 Å². The number of benzene rings is 1. The van der Waals surface area contributed by atoms with Gasteiger partial charge < -0.3 is 20.5 Å². The van der Waals surface area contributed by atoms with E-state index >= 15 is 0 Å². The molecule has 1 aromatic rings. The number of ether oxygens (including phenoxy) is 2. The molecule has 1 aromatic carbocycles. The quantitative estimate of drug-likeness (QED) is 0.833. The largest absolute Gasteiger partial charge is 0.496 e. The Kier molecular flexibility index (Phi) is 5.44. The lowest BCUT2D eigenvalue weighted by Gasteiger charge is -2.20. The molecule has 0 saturated heterocycles. The van der Waals surface area contributed by atoms with Crippen molar-refractivity contribution in [1.29, 1.82) is 0 Å². The van der Waals surface area contributed by atoms with Crippen LogP contribution in [0.3, 0.4) is 0 Å². The maximum absolute atomic E-state index is 12.3. The van der Waals surface area contributed by atoms with E-state index in [1.807, 2.05) is 18.2 Å². The molecule has 0 spiro atoms. The zero-order chi connectivity index (χ0) is 15.2. The molecular weight excluding hydrogens is 268 g/mol. The number of hydrogen-bond donors (Lipinski definition) is 2. The second-order valence-corrected chi connectivity index (χ2v) is 5.42. The highest BCUT2D eigenvalue weighted by Gasteiger charge is 2.27. The minimum atomic E-state index is -0.0110. The number of methoxy groups -OCH3 is 2. The van der Waals surface area contributed by atoms with Gasteiger partial charge in [0.25, 0.3) is 0 Å². The van der Waals surface area contributed by atoms with Crippen LogP contribution >= 0.6 is 0 Å². The first-order valence-electron chi connectivity index (χ1n) is 7.38. The van der Waals surface area contributed by atoms with Gasteiger partial charge in [-0.2, -0.15) is 0 Å². The summed E-state index contributed by atoms with van der Waals surface area (Å²) in [6.07, 6.45) is 3.49. The molecule has 1 saturated carbocycles. The van der Waals surface area contributed by atoms with E-state index in [0.717, 1.165) is 24.8 Å². The molecule has 1 amide bonds. The Labute approximate surface area is 125 Å². The summed E-state index contributed by atoms with van der Waals surface area (Å²) >= 11 is 0.